The lowest BCUT2D eigenvalue weighted by atomic mass is 10.2. The first-order valence-electron chi connectivity index (χ1n) is 9.72. The van der Waals surface area contributed by atoms with E-state index in [9.17, 15) is 4.79 Å². The van der Waals surface area contributed by atoms with Gasteiger partial charge in [-0.2, -0.15) is 5.26 Å². The molecule has 1 atom stereocenters. The number of carbonyl (C=O) groups is 1. The first-order valence-corrected chi connectivity index (χ1v) is 9.72. The van der Waals surface area contributed by atoms with Crippen molar-refractivity contribution in [2.75, 3.05) is 37.7 Å². The zero-order chi connectivity index (χ0) is 20.9. The van der Waals surface area contributed by atoms with Gasteiger partial charge in [-0.15, -0.1) is 0 Å². The van der Waals surface area contributed by atoms with E-state index in [1.54, 1.807) is 29.6 Å². The van der Waals surface area contributed by atoms with E-state index in [2.05, 4.69) is 25.9 Å². The van der Waals surface area contributed by atoms with E-state index in [0.717, 1.165) is 5.56 Å². The molecule has 2 aromatic rings. The Morgan fingerprint density at radius 2 is 2.10 bits per heavy atom. The summed E-state index contributed by atoms with van der Waals surface area (Å²) < 4.78 is 16.1. The quantitative estimate of drug-likeness (QED) is 0.721. The molecule has 0 unspecified atom stereocenters. The van der Waals surface area contributed by atoms with Crippen LogP contribution in [0, 0.1) is 11.3 Å². The van der Waals surface area contributed by atoms with Crippen molar-refractivity contribution in [2.24, 2.45) is 0 Å². The molecule has 10 nitrogen and oxygen atoms in total. The maximum absolute atomic E-state index is 12.2. The highest BCUT2D eigenvalue weighted by Gasteiger charge is 2.31. The standard InChI is InChI=1S/C20H22N6O4/c1-14-10-25(20(27)30-18-12-28-13-18)4-5-26(14)19-23-8-17(9-24-19)29-11-15-2-3-22-7-16(15)6-21/h2-3,7-9,14,18H,4-5,10-13H2,1H3/t14-/m1/s1. The number of nitriles is 1. The number of rotatable bonds is 5. The predicted octanol–water partition coefficient (Wildman–Crippen LogP) is 1.37. The molecule has 0 aliphatic carbocycles. The molecule has 2 saturated heterocycles. The fourth-order valence-corrected chi connectivity index (χ4v) is 3.26. The van der Waals surface area contributed by atoms with E-state index in [1.807, 2.05) is 6.92 Å². The van der Waals surface area contributed by atoms with Crippen LogP contribution >= 0.6 is 0 Å². The summed E-state index contributed by atoms with van der Waals surface area (Å²) in [5, 5.41) is 9.12. The number of ether oxygens (including phenoxy) is 3. The SMILES string of the molecule is C[C@@H]1CN(C(=O)OC2COC2)CCN1c1ncc(OCc2ccncc2C#N)cn1. The average molecular weight is 410 g/mol. The normalized spacial score (nSPS) is 19.0. The minimum absolute atomic E-state index is 0.0470. The number of pyridine rings is 1. The molecule has 30 heavy (non-hydrogen) atoms. The van der Waals surface area contributed by atoms with Gasteiger partial charge >= 0.3 is 6.09 Å². The third-order valence-corrected chi connectivity index (χ3v) is 5.06. The molecule has 156 valence electrons. The molecule has 0 bridgehead atoms. The van der Waals surface area contributed by atoms with Crippen LogP contribution in [0.3, 0.4) is 0 Å². The zero-order valence-electron chi connectivity index (χ0n) is 16.6. The Kier molecular flexibility index (Phi) is 5.90. The van der Waals surface area contributed by atoms with Gasteiger partial charge in [-0.25, -0.2) is 14.8 Å². The van der Waals surface area contributed by atoms with Crippen LogP contribution in [0.2, 0.25) is 0 Å². The summed E-state index contributed by atoms with van der Waals surface area (Å²) in [7, 11) is 0. The minimum atomic E-state index is -0.299. The smallest absolute Gasteiger partial charge is 0.410 e. The molecule has 0 radical (unpaired) electrons. The second-order valence-corrected chi connectivity index (χ2v) is 7.18. The Morgan fingerprint density at radius 3 is 2.77 bits per heavy atom. The van der Waals surface area contributed by atoms with Crippen LogP contribution in [0.4, 0.5) is 10.7 Å². The van der Waals surface area contributed by atoms with Gasteiger partial charge in [-0.05, 0) is 13.0 Å². The van der Waals surface area contributed by atoms with Crippen molar-refractivity contribution in [3.8, 4) is 11.8 Å². The number of carbonyl (C=O) groups excluding carboxylic acids is 1. The summed E-state index contributed by atoms with van der Waals surface area (Å²) in [5.74, 6) is 1.09. The number of anilines is 1. The fourth-order valence-electron chi connectivity index (χ4n) is 3.26. The monoisotopic (exact) mass is 410 g/mol. The first-order chi connectivity index (χ1) is 14.6. The van der Waals surface area contributed by atoms with Crippen LogP contribution in [-0.2, 0) is 16.1 Å². The number of hydrogen-bond donors (Lipinski definition) is 0. The Labute approximate surface area is 174 Å². The average Bonchev–Trinajstić information content (AvgIpc) is 2.75. The number of piperazine rings is 1. The van der Waals surface area contributed by atoms with Gasteiger partial charge in [0, 0.05) is 43.6 Å². The fraction of sp³-hybridized carbons (Fsp3) is 0.450. The van der Waals surface area contributed by atoms with E-state index in [0.29, 0.717) is 50.1 Å². The number of hydrogen-bond acceptors (Lipinski definition) is 9. The van der Waals surface area contributed by atoms with Gasteiger partial charge in [0.2, 0.25) is 5.95 Å². The van der Waals surface area contributed by atoms with Gasteiger partial charge in [0.25, 0.3) is 0 Å². The topological polar surface area (TPSA) is 114 Å². The molecule has 2 fully saturated rings. The van der Waals surface area contributed by atoms with E-state index in [4.69, 9.17) is 19.5 Å². The van der Waals surface area contributed by atoms with Crippen molar-refractivity contribution in [3.05, 3.63) is 42.0 Å². The van der Waals surface area contributed by atoms with Crippen molar-refractivity contribution in [2.45, 2.75) is 25.7 Å². The van der Waals surface area contributed by atoms with Gasteiger partial charge in [-0.1, -0.05) is 0 Å². The van der Waals surface area contributed by atoms with Gasteiger partial charge < -0.3 is 24.0 Å². The molecular formula is C20H22N6O4. The molecule has 2 aliphatic heterocycles. The summed E-state index contributed by atoms with van der Waals surface area (Å²) in [6.45, 7) is 4.89. The van der Waals surface area contributed by atoms with Crippen molar-refractivity contribution in [3.63, 3.8) is 0 Å². The van der Waals surface area contributed by atoms with E-state index in [-0.39, 0.29) is 24.8 Å². The van der Waals surface area contributed by atoms with Crippen LogP contribution < -0.4 is 9.64 Å². The predicted molar refractivity (Wildman–Crippen MR) is 105 cm³/mol. The third kappa shape index (κ3) is 4.41. The molecule has 1 amide bonds. The van der Waals surface area contributed by atoms with Crippen LogP contribution in [0.5, 0.6) is 5.75 Å². The zero-order valence-corrected chi connectivity index (χ0v) is 16.6. The second-order valence-electron chi connectivity index (χ2n) is 7.18. The summed E-state index contributed by atoms with van der Waals surface area (Å²) in [6.07, 6.45) is 5.93. The summed E-state index contributed by atoms with van der Waals surface area (Å²) >= 11 is 0. The van der Waals surface area contributed by atoms with Crippen LogP contribution in [0.1, 0.15) is 18.1 Å². The van der Waals surface area contributed by atoms with Gasteiger partial charge in [0.1, 0.15) is 12.7 Å². The molecular weight excluding hydrogens is 388 g/mol. The molecule has 0 aromatic carbocycles. The second kappa shape index (κ2) is 8.92. The highest BCUT2D eigenvalue weighted by molar-refractivity contribution is 5.68. The van der Waals surface area contributed by atoms with E-state index in [1.165, 1.54) is 6.20 Å². The molecule has 0 spiro atoms. The molecule has 2 aliphatic rings. The van der Waals surface area contributed by atoms with Gasteiger partial charge in [0.15, 0.2) is 11.9 Å². The molecule has 0 saturated carbocycles. The van der Waals surface area contributed by atoms with Crippen LogP contribution in [0.15, 0.2) is 30.9 Å². The number of amides is 1. The first kappa shape index (κ1) is 19.8. The van der Waals surface area contributed by atoms with Crippen LogP contribution in [0.25, 0.3) is 0 Å². The maximum atomic E-state index is 12.2. The lowest BCUT2D eigenvalue weighted by molar-refractivity contribution is -0.105. The molecule has 4 rings (SSSR count). The summed E-state index contributed by atoms with van der Waals surface area (Å²) in [6, 6.07) is 3.89. The highest BCUT2D eigenvalue weighted by atomic mass is 16.6. The molecule has 2 aromatic heterocycles. The van der Waals surface area contributed by atoms with Gasteiger partial charge in [-0.3, -0.25) is 4.98 Å². The van der Waals surface area contributed by atoms with Crippen molar-refractivity contribution < 1.29 is 19.0 Å². The number of aromatic nitrogens is 3. The van der Waals surface area contributed by atoms with Crippen molar-refractivity contribution >= 4 is 12.0 Å². The Bertz CT molecular complexity index is 928. The lowest BCUT2D eigenvalue weighted by Gasteiger charge is -2.40. The van der Waals surface area contributed by atoms with E-state index >= 15 is 0 Å². The van der Waals surface area contributed by atoms with Crippen LogP contribution in [-0.4, -0.2) is 70.9 Å². The minimum Gasteiger partial charge on any atom is -0.486 e. The maximum Gasteiger partial charge on any atom is 0.410 e. The molecule has 10 heteroatoms. The Balaban J connectivity index is 1.31. The molecule has 4 heterocycles. The highest BCUT2D eigenvalue weighted by Crippen LogP contribution is 2.20. The Morgan fingerprint density at radius 1 is 1.30 bits per heavy atom. The molecule has 0 N–H and O–H groups in total. The van der Waals surface area contributed by atoms with Crippen molar-refractivity contribution in [1.29, 1.82) is 5.26 Å². The largest absolute Gasteiger partial charge is 0.486 e. The number of nitrogens with zero attached hydrogens (tertiary/aromatic N) is 6. The van der Waals surface area contributed by atoms with E-state index < -0.39 is 0 Å². The van der Waals surface area contributed by atoms with Gasteiger partial charge in [0.05, 0.1) is 31.2 Å². The van der Waals surface area contributed by atoms with Crippen molar-refractivity contribution in [1.82, 2.24) is 19.9 Å². The summed E-state index contributed by atoms with van der Waals surface area (Å²) in [4.78, 5) is 28.7. The Hall–Kier alpha value is -3.45. The summed E-state index contributed by atoms with van der Waals surface area (Å²) in [5.41, 5.74) is 1.23. The third-order valence-electron chi connectivity index (χ3n) is 5.06. The lowest BCUT2D eigenvalue weighted by Crippen LogP contribution is -2.55.